The van der Waals surface area contributed by atoms with Gasteiger partial charge in [-0.25, -0.2) is 4.98 Å². The Hall–Kier alpha value is -3.22. The third-order valence-electron chi connectivity index (χ3n) is 3.57. The first-order chi connectivity index (χ1) is 11.5. The van der Waals surface area contributed by atoms with E-state index in [0.29, 0.717) is 24.4 Å². The lowest BCUT2D eigenvalue weighted by Gasteiger charge is -2.03. The average molecular weight is 324 g/mol. The molecular formula is C17H16N4O3. The summed E-state index contributed by atoms with van der Waals surface area (Å²) in [5.74, 6) is -0.346. The number of carbonyl (C=O) groups excluding carboxylic acids is 2. The van der Waals surface area contributed by atoms with Gasteiger partial charge >= 0.3 is 0 Å². The van der Waals surface area contributed by atoms with Gasteiger partial charge in [-0.15, -0.1) is 0 Å². The van der Waals surface area contributed by atoms with Crippen molar-refractivity contribution in [1.82, 2.24) is 15.3 Å². The van der Waals surface area contributed by atoms with Crippen LogP contribution in [0.2, 0.25) is 0 Å². The second-order valence-corrected chi connectivity index (χ2v) is 5.33. The lowest BCUT2D eigenvalue weighted by molar-refractivity contribution is 0.0949. The number of primary amides is 1. The zero-order valence-corrected chi connectivity index (χ0v) is 13.1. The van der Waals surface area contributed by atoms with Crippen LogP contribution in [0.15, 0.2) is 40.9 Å². The molecule has 0 aliphatic heterocycles. The van der Waals surface area contributed by atoms with Crippen molar-refractivity contribution in [2.45, 2.75) is 13.3 Å². The van der Waals surface area contributed by atoms with Crippen molar-refractivity contribution in [1.29, 1.82) is 0 Å². The fourth-order valence-corrected chi connectivity index (χ4v) is 2.30. The molecule has 0 fully saturated rings. The Balaban J connectivity index is 1.59. The van der Waals surface area contributed by atoms with Crippen LogP contribution in [-0.4, -0.2) is 28.3 Å². The van der Waals surface area contributed by atoms with Gasteiger partial charge in [-0.05, 0) is 30.7 Å². The Labute approximate surface area is 137 Å². The predicted octanol–water partition coefficient (Wildman–Crippen LogP) is 1.60. The summed E-state index contributed by atoms with van der Waals surface area (Å²) in [6.45, 7) is 2.35. The highest BCUT2D eigenvalue weighted by molar-refractivity contribution is 5.95. The quantitative estimate of drug-likeness (QED) is 0.740. The van der Waals surface area contributed by atoms with Crippen LogP contribution in [0.3, 0.4) is 0 Å². The number of amides is 2. The SMILES string of the molecule is Cc1cccc2oc(CCNC(=O)c3ccc(C(N)=O)nc3)nc12. The Kier molecular flexibility index (Phi) is 4.24. The lowest BCUT2D eigenvalue weighted by Crippen LogP contribution is -2.26. The summed E-state index contributed by atoms with van der Waals surface area (Å²) in [6.07, 6.45) is 1.80. The molecule has 3 aromatic rings. The fourth-order valence-electron chi connectivity index (χ4n) is 2.30. The molecule has 2 aromatic heterocycles. The van der Waals surface area contributed by atoms with Gasteiger partial charge in [0.1, 0.15) is 11.2 Å². The molecular weight excluding hydrogens is 308 g/mol. The third kappa shape index (κ3) is 3.24. The Bertz CT molecular complexity index is 900. The number of rotatable bonds is 5. The first-order valence-electron chi connectivity index (χ1n) is 7.43. The van der Waals surface area contributed by atoms with Crippen LogP contribution in [0, 0.1) is 6.92 Å². The molecule has 0 bridgehead atoms. The van der Waals surface area contributed by atoms with E-state index in [9.17, 15) is 9.59 Å². The molecule has 0 aliphatic carbocycles. The van der Waals surface area contributed by atoms with Gasteiger partial charge in [0.15, 0.2) is 11.5 Å². The molecule has 0 saturated heterocycles. The van der Waals surface area contributed by atoms with Crippen molar-refractivity contribution in [3.8, 4) is 0 Å². The van der Waals surface area contributed by atoms with Gasteiger partial charge in [0.2, 0.25) is 0 Å². The molecule has 7 heteroatoms. The van der Waals surface area contributed by atoms with E-state index in [-0.39, 0.29) is 11.6 Å². The number of pyridine rings is 1. The number of benzene rings is 1. The minimum Gasteiger partial charge on any atom is -0.441 e. The van der Waals surface area contributed by atoms with Crippen molar-refractivity contribution >= 4 is 22.9 Å². The van der Waals surface area contributed by atoms with E-state index in [2.05, 4.69) is 15.3 Å². The van der Waals surface area contributed by atoms with Gasteiger partial charge in [-0.2, -0.15) is 0 Å². The normalized spacial score (nSPS) is 10.7. The van der Waals surface area contributed by atoms with E-state index in [1.54, 1.807) is 0 Å². The minimum atomic E-state index is -0.631. The van der Waals surface area contributed by atoms with E-state index >= 15 is 0 Å². The summed E-state index contributed by atoms with van der Waals surface area (Å²) < 4.78 is 5.65. The number of aryl methyl sites for hydroxylation is 1. The highest BCUT2D eigenvalue weighted by Gasteiger charge is 2.10. The van der Waals surface area contributed by atoms with Crippen molar-refractivity contribution < 1.29 is 14.0 Å². The number of nitrogens with zero attached hydrogens (tertiary/aromatic N) is 2. The Morgan fingerprint density at radius 2 is 2.08 bits per heavy atom. The summed E-state index contributed by atoms with van der Waals surface area (Å²) >= 11 is 0. The molecule has 7 nitrogen and oxygen atoms in total. The molecule has 0 atom stereocenters. The van der Waals surface area contributed by atoms with E-state index in [4.69, 9.17) is 10.2 Å². The van der Waals surface area contributed by atoms with Crippen molar-refractivity contribution in [3.05, 3.63) is 59.2 Å². The van der Waals surface area contributed by atoms with Crippen molar-refractivity contribution in [3.63, 3.8) is 0 Å². The summed E-state index contributed by atoms with van der Waals surface area (Å²) in [4.78, 5) is 31.2. The van der Waals surface area contributed by atoms with Crippen LogP contribution in [0.1, 0.15) is 32.3 Å². The molecule has 0 radical (unpaired) electrons. The minimum absolute atomic E-state index is 0.119. The standard InChI is InChI=1S/C17H16N4O3/c1-10-3-2-4-13-15(10)21-14(24-13)7-8-19-17(23)11-5-6-12(16(18)22)20-9-11/h2-6,9H,7-8H2,1H3,(H2,18,22)(H,19,23). The second kappa shape index (κ2) is 6.49. The number of carbonyl (C=O) groups is 2. The molecule has 2 heterocycles. The van der Waals surface area contributed by atoms with Gasteiger partial charge in [-0.3, -0.25) is 14.6 Å². The molecule has 0 aliphatic rings. The lowest BCUT2D eigenvalue weighted by atomic mass is 10.2. The van der Waals surface area contributed by atoms with Crippen molar-refractivity contribution in [2.24, 2.45) is 5.73 Å². The maximum atomic E-state index is 12.0. The Morgan fingerprint density at radius 1 is 1.25 bits per heavy atom. The number of oxazole rings is 1. The van der Waals surface area contributed by atoms with E-state index in [0.717, 1.165) is 16.7 Å². The van der Waals surface area contributed by atoms with Gasteiger partial charge < -0.3 is 15.5 Å². The number of nitrogens with two attached hydrogens (primary N) is 1. The molecule has 122 valence electrons. The van der Waals surface area contributed by atoms with E-state index < -0.39 is 5.91 Å². The first-order valence-corrected chi connectivity index (χ1v) is 7.43. The number of aromatic nitrogens is 2. The molecule has 1 aromatic carbocycles. The highest BCUT2D eigenvalue weighted by atomic mass is 16.3. The van der Waals surface area contributed by atoms with Crippen LogP contribution in [0.4, 0.5) is 0 Å². The highest BCUT2D eigenvalue weighted by Crippen LogP contribution is 2.18. The third-order valence-corrected chi connectivity index (χ3v) is 3.57. The van der Waals surface area contributed by atoms with Gasteiger partial charge in [0.25, 0.3) is 11.8 Å². The second-order valence-electron chi connectivity index (χ2n) is 5.33. The number of fused-ring (bicyclic) bond motifs is 1. The largest absolute Gasteiger partial charge is 0.441 e. The molecule has 2 amide bonds. The molecule has 24 heavy (non-hydrogen) atoms. The number of hydrogen-bond acceptors (Lipinski definition) is 5. The Morgan fingerprint density at radius 3 is 2.75 bits per heavy atom. The molecule has 0 saturated carbocycles. The molecule has 0 unspecified atom stereocenters. The van der Waals surface area contributed by atoms with Crippen LogP contribution in [-0.2, 0) is 6.42 Å². The topological polar surface area (TPSA) is 111 Å². The fraction of sp³-hybridized carbons (Fsp3) is 0.176. The number of nitrogens with one attached hydrogen (secondary N) is 1. The van der Waals surface area contributed by atoms with Crippen LogP contribution in [0.25, 0.3) is 11.1 Å². The predicted molar refractivity (Wildman–Crippen MR) is 87.5 cm³/mol. The maximum Gasteiger partial charge on any atom is 0.267 e. The van der Waals surface area contributed by atoms with Crippen LogP contribution < -0.4 is 11.1 Å². The summed E-state index contributed by atoms with van der Waals surface area (Å²) in [5.41, 5.74) is 8.21. The summed E-state index contributed by atoms with van der Waals surface area (Å²) in [6, 6.07) is 8.67. The van der Waals surface area contributed by atoms with Gasteiger partial charge in [0.05, 0.1) is 5.56 Å². The van der Waals surface area contributed by atoms with Crippen LogP contribution >= 0.6 is 0 Å². The van der Waals surface area contributed by atoms with E-state index in [1.807, 2.05) is 25.1 Å². The number of hydrogen-bond donors (Lipinski definition) is 2. The van der Waals surface area contributed by atoms with E-state index in [1.165, 1.54) is 18.3 Å². The molecule has 0 spiro atoms. The van der Waals surface area contributed by atoms with Crippen LogP contribution in [0.5, 0.6) is 0 Å². The summed E-state index contributed by atoms with van der Waals surface area (Å²) in [5, 5.41) is 2.76. The summed E-state index contributed by atoms with van der Waals surface area (Å²) in [7, 11) is 0. The van der Waals surface area contributed by atoms with Gasteiger partial charge in [-0.1, -0.05) is 12.1 Å². The first kappa shape index (κ1) is 15.7. The number of para-hydroxylation sites is 1. The molecule has 3 N–H and O–H groups in total. The average Bonchev–Trinajstić information content (AvgIpc) is 2.99. The van der Waals surface area contributed by atoms with Crippen molar-refractivity contribution in [2.75, 3.05) is 6.54 Å². The monoisotopic (exact) mass is 324 g/mol. The molecule has 3 rings (SSSR count). The maximum absolute atomic E-state index is 12.0. The smallest absolute Gasteiger partial charge is 0.267 e. The zero-order chi connectivity index (χ0) is 17.1. The zero-order valence-electron chi connectivity index (χ0n) is 13.1. The van der Waals surface area contributed by atoms with Gasteiger partial charge in [0, 0.05) is 19.2 Å².